The van der Waals surface area contributed by atoms with Crippen LogP contribution in [0.2, 0.25) is 0 Å². The highest BCUT2D eigenvalue weighted by Crippen LogP contribution is 2.19. The molecule has 1 saturated heterocycles. The second kappa shape index (κ2) is 8.16. The van der Waals surface area contributed by atoms with E-state index >= 15 is 0 Å². The fourth-order valence-electron chi connectivity index (χ4n) is 2.68. The minimum absolute atomic E-state index is 0.0437. The van der Waals surface area contributed by atoms with Crippen LogP contribution < -0.4 is 5.32 Å². The minimum atomic E-state index is -0.294. The largest absolute Gasteiger partial charge is 0.339 e. The van der Waals surface area contributed by atoms with Gasteiger partial charge in [0.15, 0.2) is 0 Å². The van der Waals surface area contributed by atoms with E-state index in [1.807, 2.05) is 4.90 Å². The Hall–Kier alpha value is -2.34. The summed E-state index contributed by atoms with van der Waals surface area (Å²) >= 11 is 1.34. The molecule has 1 aliphatic heterocycles. The fraction of sp³-hybridized carbons (Fsp3) is 0.263. The maximum Gasteiger partial charge on any atom is 0.253 e. The zero-order chi connectivity index (χ0) is 17.6. The van der Waals surface area contributed by atoms with Crippen molar-refractivity contribution in [2.24, 2.45) is 0 Å². The van der Waals surface area contributed by atoms with E-state index in [2.05, 4.69) is 5.32 Å². The van der Waals surface area contributed by atoms with Crippen LogP contribution in [0.5, 0.6) is 0 Å². The number of hydrogen-bond acceptors (Lipinski definition) is 3. The molecule has 0 radical (unpaired) electrons. The number of anilines is 1. The molecule has 0 atom stereocenters. The number of rotatable bonds is 5. The number of carbonyl (C=O) groups is 2. The van der Waals surface area contributed by atoms with Crippen molar-refractivity contribution in [3.05, 3.63) is 59.9 Å². The minimum Gasteiger partial charge on any atom is -0.339 e. The lowest BCUT2D eigenvalue weighted by Crippen LogP contribution is -2.27. The van der Waals surface area contributed by atoms with Crippen LogP contribution in [-0.2, 0) is 4.79 Å². The zero-order valence-electron chi connectivity index (χ0n) is 13.7. The summed E-state index contributed by atoms with van der Waals surface area (Å²) in [5, 5.41) is 2.80. The van der Waals surface area contributed by atoms with Crippen LogP contribution in [0.25, 0.3) is 0 Å². The zero-order valence-corrected chi connectivity index (χ0v) is 14.5. The molecule has 6 heteroatoms. The molecule has 0 unspecified atom stereocenters. The Labute approximate surface area is 150 Å². The van der Waals surface area contributed by atoms with Crippen LogP contribution >= 0.6 is 11.8 Å². The van der Waals surface area contributed by atoms with Crippen LogP contribution in [0.15, 0.2) is 53.4 Å². The van der Waals surface area contributed by atoms with E-state index in [4.69, 9.17) is 0 Å². The monoisotopic (exact) mass is 358 g/mol. The maximum atomic E-state index is 12.8. The average Bonchev–Trinajstić information content (AvgIpc) is 3.16. The van der Waals surface area contributed by atoms with Crippen LogP contribution in [0.4, 0.5) is 10.1 Å². The molecule has 4 nitrogen and oxygen atoms in total. The number of nitrogens with zero attached hydrogens (tertiary/aromatic N) is 1. The van der Waals surface area contributed by atoms with Crippen molar-refractivity contribution in [2.45, 2.75) is 17.7 Å². The Morgan fingerprint density at radius 1 is 1.00 bits per heavy atom. The molecule has 1 N–H and O–H groups in total. The second-order valence-electron chi connectivity index (χ2n) is 5.87. The van der Waals surface area contributed by atoms with Crippen molar-refractivity contribution in [1.29, 1.82) is 0 Å². The summed E-state index contributed by atoms with van der Waals surface area (Å²) in [6.07, 6.45) is 2.12. The summed E-state index contributed by atoms with van der Waals surface area (Å²) < 4.78 is 12.8. The van der Waals surface area contributed by atoms with Crippen molar-refractivity contribution in [1.82, 2.24) is 4.90 Å². The first-order valence-corrected chi connectivity index (χ1v) is 9.18. The van der Waals surface area contributed by atoms with Gasteiger partial charge in [-0.15, -0.1) is 11.8 Å². The third-order valence-electron chi connectivity index (χ3n) is 3.99. The number of carbonyl (C=O) groups excluding carboxylic acids is 2. The van der Waals surface area contributed by atoms with Crippen LogP contribution in [0, 0.1) is 5.82 Å². The quantitative estimate of drug-likeness (QED) is 0.827. The Kier molecular flexibility index (Phi) is 5.71. The average molecular weight is 358 g/mol. The molecule has 2 aromatic carbocycles. The molecule has 3 rings (SSSR count). The smallest absolute Gasteiger partial charge is 0.253 e. The number of nitrogens with one attached hydrogen (secondary N) is 1. The van der Waals surface area contributed by atoms with E-state index in [1.54, 1.807) is 36.4 Å². The molecule has 130 valence electrons. The Balaban J connectivity index is 1.51. The predicted octanol–water partition coefficient (Wildman–Crippen LogP) is 3.79. The lowest BCUT2D eigenvalue weighted by molar-refractivity contribution is -0.113. The number of thioether (sulfide) groups is 1. The number of benzene rings is 2. The van der Waals surface area contributed by atoms with E-state index in [0.29, 0.717) is 11.3 Å². The van der Waals surface area contributed by atoms with E-state index in [1.165, 1.54) is 23.9 Å². The summed E-state index contributed by atoms with van der Waals surface area (Å²) in [6, 6.07) is 13.0. The van der Waals surface area contributed by atoms with Gasteiger partial charge in [0.05, 0.1) is 5.75 Å². The third-order valence-corrected chi connectivity index (χ3v) is 5.00. The molecule has 2 amide bonds. The number of amides is 2. The van der Waals surface area contributed by atoms with Gasteiger partial charge in [0.2, 0.25) is 5.91 Å². The molecule has 0 spiro atoms. The van der Waals surface area contributed by atoms with Gasteiger partial charge in [0, 0.05) is 29.2 Å². The van der Waals surface area contributed by atoms with Gasteiger partial charge in [-0.05, 0) is 61.4 Å². The Morgan fingerprint density at radius 2 is 1.64 bits per heavy atom. The van der Waals surface area contributed by atoms with Gasteiger partial charge in [0.25, 0.3) is 5.91 Å². The first-order chi connectivity index (χ1) is 12.1. The van der Waals surface area contributed by atoms with Gasteiger partial charge in [0.1, 0.15) is 5.82 Å². The lowest BCUT2D eigenvalue weighted by atomic mass is 10.2. The standard InChI is InChI=1S/C19H19FN2O2S/c20-15-5-9-17(10-6-15)25-13-18(23)21-16-7-3-14(4-8-16)19(24)22-11-1-2-12-22/h3-10H,1-2,11-13H2,(H,21,23). The molecule has 0 bridgehead atoms. The van der Waals surface area contributed by atoms with Crippen molar-refractivity contribution in [2.75, 3.05) is 24.2 Å². The molecule has 2 aromatic rings. The number of hydrogen-bond donors (Lipinski definition) is 1. The molecule has 0 aliphatic carbocycles. The highest BCUT2D eigenvalue weighted by Gasteiger charge is 2.19. The van der Waals surface area contributed by atoms with Gasteiger partial charge in [-0.25, -0.2) is 4.39 Å². The summed E-state index contributed by atoms with van der Waals surface area (Å²) in [5.74, 6) is -0.160. The Bertz CT molecular complexity index is 741. The van der Waals surface area contributed by atoms with Crippen molar-refractivity contribution in [3.63, 3.8) is 0 Å². The van der Waals surface area contributed by atoms with Crippen molar-refractivity contribution in [3.8, 4) is 0 Å². The summed E-state index contributed by atoms with van der Waals surface area (Å²) in [6.45, 7) is 1.63. The summed E-state index contributed by atoms with van der Waals surface area (Å²) in [5.41, 5.74) is 1.29. The van der Waals surface area contributed by atoms with Gasteiger partial charge < -0.3 is 10.2 Å². The molecule has 0 saturated carbocycles. The Morgan fingerprint density at radius 3 is 2.28 bits per heavy atom. The molecular formula is C19H19FN2O2S. The van der Waals surface area contributed by atoms with E-state index in [9.17, 15) is 14.0 Å². The van der Waals surface area contributed by atoms with Gasteiger partial charge in [-0.2, -0.15) is 0 Å². The third kappa shape index (κ3) is 4.82. The number of likely N-dealkylation sites (tertiary alicyclic amines) is 1. The van der Waals surface area contributed by atoms with E-state index in [-0.39, 0.29) is 23.4 Å². The highest BCUT2D eigenvalue weighted by atomic mass is 32.2. The lowest BCUT2D eigenvalue weighted by Gasteiger charge is -2.15. The van der Waals surface area contributed by atoms with Crippen LogP contribution in [0.3, 0.4) is 0 Å². The first kappa shape index (κ1) is 17.5. The summed E-state index contributed by atoms with van der Waals surface area (Å²) in [7, 11) is 0. The van der Waals surface area contributed by atoms with Gasteiger partial charge >= 0.3 is 0 Å². The molecule has 1 aliphatic rings. The highest BCUT2D eigenvalue weighted by molar-refractivity contribution is 8.00. The second-order valence-corrected chi connectivity index (χ2v) is 6.92. The van der Waals surface area contributed by atoms with Gasteiger partial charge in [-0.3, -0.25) is 9.59 Å². The molecule has 1 fully saturated rings. The molecule has 1 heterocycles. The van der Waals surface area contributed by atoms with Crippen molar-refractivity contribution >= 4 is 29.3 Å². The molecule has 0 aromatic heterocycles. The van der Waals surface area contributed by atoms with Crippen molar-refractivity contribution < 1.29 is 14.0 Å². The topological polar surface area (TPSA) is 49.4 Å². The summed E-state index contributed by atoms with van der Waals surface area (Å²) in [4.78, 5) is 27.0. The molecule has 25 heavy (non-hydrogen) atoms. The van der Waals surface area contributed by atoms with Crippen LogP contribution in [-0.4, -0.2) is 35.6 Å². The predicted molar refractivity (Wildman–Crippen MR) is 97.3 cm³/mol. The first-order valence-electron chi connectivity index (χ1n) is 8.19. The van der Waals surface area contributed by atoms with E-state index in [0.717, 1.165) is 30.8 Å². The van der Waals surface area contributed by atoms with E-state index < -0.39 is 0 Å². The van der Waals surface area contributed by atoms with Gasteiger partial charge in [-0.1, -0.05) is 0 Å². The number of halogens is 1. The maximum absolute atomic E-state index is 12.8. The normalized spacial score (nSPS) is 13.7. The fourth-order valence-corrected chi connectivity index (χ4v) is 3.37. The molecular weight excluding hydrogens is 339 g/mol. The van der Waals surface area contributed by atoms with Crippen LogP contribution in [0.1, 0.15) is 23.2 Å². The SMILES string of the molecule is O=C(CSc1ccc(F)cc1)Nc1ccc(C(=O)N2CCCC2)cc1.